The summed E-state index contributed by atoms with van der Waals surface area (Å²) in [5.74, 6) is 0.758. The second-order valence-electron chi connectivity index (χ2n) is 5.02. The zero-order chi connectivity index (χ0) is 12.3. The maximum atomic E-state index is 4.48. The van der Waals surface area contributed by atoms with Gasteiger partial charge in [0.15, 0.2) is 0 Å². The van der Waals surface area contributed by atoms with Crippen molar-refractivity contribution in [3.63, 3.8) is 0 Å². The number of hydrogen-bond acceptors (Lipinski definition) is 2. The number of nitrogens with one attached hydrogen (secondary N) is 1. The first-order chi connectivity index (χ1) is 7.47. The third-order valence-electron chi connectivity index (χ3n) is 3.29. The molecule has 1 rings (SSSR count). The maximum absolute atomic E-state index is 4.48. The lowest BCUT2D eigenvalue weighted by atomic mass is 9.96. The molecule has 3 heteroatoms. The van der Waals surface area contributed by atoms with Crippen molar-refractivity contribution in [3.05, 3.63) is 17.0 Å². The fraction of sp³-hybridized carbons (Fsp3) is 0.769. The molecular weight excluding hydrogens is 198 g/mol. The van der Waals surface area contributed by atoms with Crippen molar-refractivity contribution in [1.82, 2.24) is 15.1 Å². The molecule has 1 aromatic rings. The molecule has 0 amide bonds. The highest BCUT2D eigenvalue weighted by molar-refractivity contribution is 5.28. The highest BCUT2D eigenvalue weighted by Crippen LogP contribution is 2.25. The van der Waals surface area contributed by atoms with Gasteiger partial charge in [-0.05, 0) is 39.7 Å². The topological polar surface area (TPSA) is 29.9 Å². The highest BCUT2D eigenvalue weighted by atomic mass is 15.3. The number of hydrogen-bond donors (Lipinski definition) is 1. The van der Waals surface area contributed by atoms with Crippen LogP contribution in [-0.2, 0) is 7.05 Å². The van der Waals surface area contributed by atoms with Crippen molar-refractivity contribution >= 4 is 0 Å². The Morgan fingerprint density at radius 3 is 2.25 bits per heavy atom. The minimum absolute atomic E-state index is 0.441. The summed E-state index contributed by atoms with van der Waals surface area (Å²) in [6.07, 6.45) is 2.43. The lowest BCUT2D eigenvalue weighted by Gasteiger charge is -2.18. The van der Waals surface area contributed by atoms with E-state index in [2.05, 4.69) is 38.1 Å². The first-order valence-electron chi connectivity index (χ1n) is 6.14. The Kier molecular flexibility index (Phi) is 4.54. The molecule has 0 saturated carbocycles. The van der Waals surface area contributed by atoms with Crippen molar-refractivity contribution in [2.24, 2.45) is 13.0 Å². The molecule has 1 heterocycles. The average Bonchev–Trinajstić information content (AvgIpc) is 2.45. The van der Waals surface area contributed by atoms with Gasteiger partial charge in [0.1, 0.15) is 0 Å². The maximum Gasteiger partial charge on any atom is 0.0644 e. The second-order valence-corrected chi connectivity index (χ2v) is 5.02. The normalized spacial score (nSPS) is 13.4. The lowest BCUT2D eigenvalue weighted by molar-refractivity contribution is 0.462. The minimum Gasteiger partial charge on any atom is -0.313 e. The summed E-state index contributed by atoms with van der Waals surface area (Å²) in [6, 6.07) is 0.441. The van der Waals surface area contributed by atoms with Gasteiger partial charge in [0.2, 0.25) is 0 Å². The molecule has 16 heavy (non-hydrogen) atoms. The third kappa shape index (κ3) is 2.85. The van der Waals surface area contributed by atoms with Gasteiger partial charge in [-0.1, -0.05) is 13.8 Å². The van der Waals surface area contributed by atoms with E-state index in [9.17, 15) is 0 Å². The molecule has 0 aliphatic rings. The van der Waals surface area contributed by atoms with Gasteiger partial charge in [-0.2, -0.15) is 5.10 Å². The van der Waals surface area contributed by atoms with Crippen LogP contribution in [0.5, 0.6) is 0 Å². The number of aryl methyl sites for hydroxylation is 2. The van der Waals surface area contributed by atoms with Gasteiger partial charge in [0.05, 0.1) is 5.69 Å². The molecule has 1 N–H and O–H groups in total. The molecule has 1 atom stereocenters. The largest absolute Gasteiger partial charge is 0.313 e. The van der Waals surface area contributed by atoms with Crippen LogP contribution >= 0.6 is 0 Å². The Morgan fingerprint density at radius 2 is 1.88 bits per heavy atom. The average molecular weight is 223 g/mol. The molecule has 0 radical (unpaired) electrons. The Bertz CT molecular complexity index is 339. The molecule has 0 aliphatic heterocycles. The summed E-state index contributed by atoms with van der Waals surface area (Å²) >= 11 is 0. The standard InChI is InChI=1S/C13H25N3/c1-9(2)7-8-12(14-5)13-10(3)15-16(6)11(13)4/h9,12,14H,7-8H2,1-6H3. The molecule has 0 spiro atoms. The van der Waals surface area contributed by atoms with Crippen LogP contribution in [0.25, 0.3) is 0 Å². The Labute approximate surface area is 99.2 Å². The van der Waals surface area contributed by atoms with E-state index in [1.165, 1.54) is 24.1 Å². The van der Waals surface area contributed by atoms with Crippen LogP contribution < -0.4 is 5.32 Å². The molecule has 92 valence electrons. The van der Waals surface area contributed by atoms with Crippen LogP contribution in [0.15, 0.2) is 0 Å². The molecule has 0 bridgehead atoms. The summed E-state index contributed by atoms with van der Waals surface area (Å²) in [4.78, 5) is 0. The van der Waals surface area contributed by atoms with Gasteiger partial charge in [-0.3, -0.25) is 4.68 Å². The number of nitrogens with zero attached hydrogens (tertiary/aromatic N) is 2. The van der Waals surface area contributed by atoms with Gasteiger partial charge in [0, 0.05) is 24.3 Å². The smallest absolute Gasteiger partial charge is 0.0644 e. The summed E-state index contributed by atoms with van der Waals surface area (Å²) in [6.45, 7) is 8.79. The summed E-state index contributed by atoms with van der Waals surface area (Å²) < 4.78 is 1.98. The van der Waals surface area contributed by atoms with Crippen LogP contribution in [0.3, 0.4) is 0 Å². The molecule has 1 unspecified atom stereocenters. The van der Waals surface area contributed by atoms with Gasteiger partial charge in [0.25, 0.3) is 0 Å². The predicted molar refractivity (Wildman–Crippen MR) is 68.6 cm³/mol. The molecular formula is C13H25N3. The van der Waals surface area contributed by atoms with Crippen molar-refractivity contribution in [1.29, 1.82) is 0 Å². The van der Waals surface area contributed by atoms with Crippen LogP contribution in [0.2, 0.25) is 0 Å². The van der Waals surface area contributed by atoms with E-state index in [4.69, 9.17) is 0 Å². The van der Waals surface area contributed by atoms with E-state index >= 15 is 0 Å². The van der Waals surface area contributed by atoms with Crippen molar-refractivity contribution < 1.29 is 0 Å². The van der Waals surface area contributed by atoms with Gasteiger partial charge in [-0.25, -0.2) is 0 Å². The summed E-state index contributed by atoms with van der Waals surface area (Å²) in [5, 5.41) is 7.90. The van der Waals surface area contributed by atoms with E-state index in [0.29, 0.717) is 6.04 Å². The van der Waals surface area contributed by atoms with E-state index in [1.54, 1.807) is 0 Å². The fourth-order valence-corrected chi connectivity index (χ4v) is 2.23. The van der Waals surface area contributed by atoms with E-state index < -0.39 is 0 Å². The fourth-order valence-electron chi connectivity index (χ4n) is 2.23. The Morgan fingerprint density at radius 1 is 1.25 bits per heavy atom. The molecule has 1 aromatic heterocycles. The third-order valence-corrected chi connectivity index (χ3v) is 3.29. The zero-order valence-corrected chi connectivity index (χ0v) is 11.5. The van der Waals surface area contributed by atoms with Crippen molar-refractivity contribution in [2.75, 3.05) is 7.05 Å². The van der Waals surface area contributed by atoms with E-state index in [1.807, 2.05) is 18.8 Å². The van der Waals surface area contributed by atoms with Gasteiger partial charge < -0.3 is 5.32 Å². The minimum atomic E-state index is 0.441. The van der Waals surface area contributed by atoms with Gasteiger partial charge in [-0.15, -0.1) is 0 Å². The first-order valence-corrected chi connectivity index (χ1v) is 6.14. The lowest BCUT2D eigenvalue weighted by Crippen LogP contribution is -2.18. The molecule has 3 nitrogen and oxygen atoms in total. The number of rotatable bonds is 5. The van der Waals surface area contributed by atoms with Crippen LogP contribution in [0.4, 0.5) is 0 Å². The molecule has 0 aromatic carbocycles. The van der Waals surface area contributed by atoms with Crippen molar-refractivity contribution in [2.45, 2.75) is 46.6 Å². The molecule has 0 aliphatic carbocycles. The zero-order valence-electron chi connectivity index (χ0n) is 11.5. The highest BCUT2D eigenvalue weighted by Gasteiger charge is 2.18. The monoisotopic (exact) mass is 223 g/mol. The van der Waals surface area contributed by atoms with Crippen LogP contribution in [0, 0.1) is 19.8 Å². The molecule has 0 fully saturated rings. The second kappa shape index (κ2) is 5.48. The quantitative estimate of drug-likeness (QED) is 0.832. The SMILES string of the molecule is CNC(CCC(C)C)c1c(C)nn(C)c1C. The van der Waals surface area contributed by atoms with Crippen LogP contribution in [-0.4, -0.2) is 16.8 Å². The van der Waals surface area contributed by atoms with E-state index in [-0.39, 0.29) is 0 Å². The van der Waals surface area contributed by atoms with Crippen molar-refractivity contribution in [3.8, 4) is 0 Å². The van der Waals surface area contributed by atoms with Crippen LogP contribution in [0.1, 0.15) is 49.7 Å². The Balaban J connectivity index is 2.86. The number of aromatic nitrogens is 2. The van der Waals surface area contributed by atoms with Gasteiger partial charge >= 0.3 is 0 Å². The molecule has 0 saturated heterocycles. The summed E-state index contributed by atoms with van der Waals surface area (Å²) in [5.41, 5.74) is 3.81. The Hall–Kier alpha value is -0.830. The first kappa shape index (κ1) is 13.2. The predicted octanol–water partition coefficient (Wildman–Crippen LogP) is 2.73. The van der Waals surface area contributed by atoms with E-state index in [0.717, 1.165) is 11.6 Å². The summed E-state index contributed by atoms with van der Waals surface area (Å²) in [7, 11) is 4.05.